The Kier molecular flexibility index (Phi) is 2.11. The van der Waals surface area contributed by atoms with Gasteiger partial charge in [-0.15, -0.1) is 11.3 Å². The van der Waals surface area contributed by atoms with Gasteiger partial charge in [0.2, 0.25) is 5.95 Å². The molecule has 1 aromatic carbocycles. The zero-order valence-corrected chi connectivity index (χ0v) is 9.31. The minimum Gasteiger partial charge on any atom is -0.369 e. The van der Waals surface area contributed by atoms with Crippen molar-refractivity contribution in [3.8, 4) is 0 Å². The average molecular weight is 230 g/mol. The number of benzene rings is 1. The molecule has 0 saturated heterocycles. The van der Waals surface area contributed by atoms with Gasteiger partial charge >= 0.3 is 0 Å². The number of thiazole rings is 1. The standard InChI is InChI=1S/C11H10N4S/c12-11-14-9-3-1-2-4-10(9)15(11)6-8-5-13-7-16-8/h1-5,7H,6H2,(H2,12,14). The van der Waals surface area contributed by atoms with Gasteiger partial charge in [-0.1, -0.05) is 12.1 Å². The highest BCUT2D eigenvalue weighted by Gasteiger charge is 2.08. The van der Waals surface area contributed by atoms with Crippen molar-refractivity contribution in [2.24, 2.45) is 0 Å². The summed E-state index contributed by atoms with van der Waals surface area (Å²) in [5, 5.41) is 0. The van der Waals surface area contributed by atoms with Crippen molar-refractivity contribution in [2.75, 3.05) is 5.73 Å². The number of para-hydroxylation sites is 2. The molecule has 2 heterocycles. The van der Waals surface area contributed by atoms with Gasteiger partial charge in [0.1, 0.15) is 0 Å². The summed E-state index contributed by atoms with van der Waals surface area (Å²) in [6.07, 6.45) is 1.86. The minimum absolute atomic E-state index is 0.551. The molecule has 0 aliphatic heterocycles. The maximum absolute atomic E-state index is 5.91. The van der Waals surface area contributed by atoms with Crippen LogP contribution in [0.4, 0.5) is 5.95 Å². The number of nitrogen functional groups attached to an aromatic ring is 1. The van der Waals surface area contributed by atoms with E-state index in [-0.39, 0.29) is 0 Å². The van der Waals surface area contributed by atoms with Crippen LogP contribution < -0.4 is 5.73 Å². The van der Waals surface area contributed by atoms with Gasteiger partial charge in [-0.3, -0.25) is 4.98 Å². The maximum Gasteiger partial charge on any atom is 0.201 e. The molecule has 0 radical (unpaired) electrons. The lowest BCUT2D eigenvalue weighted by Gasteiger charge is -2.03. The predicted octanol–water partition coefficient (Wildman–Crippen LogP) is 2.12. The Morgan fingerprint density at radius 1 is 1.31 bits per heavy atom. The van der Waals surface area contributed by atoms with Crippen LogP contribution in [0.25, 0.3) is 11.0 Å². The molecule has 5 heteroatoms. The van der Waals surface area contributed by atoms with Gasteiger partial charge in [0.05, 0.1) is 23.1 Å². The van der Waals surface area contributed by atoms with E-state index in [0.29, 0.717) is 5.95 Å². The minimum atomic E-state index is 0.551. The van der Waals surface area contributed by atoms with E-state index in [4.69, 9.17) is 5.73 Å². The third-order valence-electron chi connectivity index (χ3n) is 2.48. The Bertz CT molecular complexity index is 612. The van der Waals surface area contributed by atoms with Gasteiger partial charge in [0, 0.05) is 11.1 Å². The molecule has 4 nitrogen and oxygen atoms in total. The van der Waals surface area contributed by atoms with E-state index in [1.807, 2.05) is 40.5 Å². The largest absolute Gasteiger partial charge is 0.369 e. The van der Waals surface area contributed by atoms with Crippen LogP contribution in [0.1, 0.15) is 4.88 Å². The molecule has 16 heavy (non-hydrogen) atoms. The molecular weight excluding hydrogens is 220 g/mol. The van der Waals surface area contributed by atoms with Crippen molar-refractivity contribution in [1.29, 1.82) is 0 Å². The molecule has 3 aromatic rings. The monoisotopic (exact) mass is 230 g/mol. The third-order valence-corrected chi connectivity index (χ3v) is 3.25. The first-order valence-electron chi connectivity index (χ1n) is 4.93. The SMILES string of the molecule is Nc1nc2ccccc2n1Cc1cncs1. The highest BCUT2D eigenvalue weighted by molar-refractivity contribution is 7.09. The fourth-order valence-corrected chi connectivity index (χ4v) is 2.32. The Morgan fingerprint density at radius 3 is 3.00 bits per heavy atom. The molecule has 0 aliphatic carbocycles. The maximum atomic E-state index is 5.91. The second-order valence-corrected chi connectivity index (χ2v) is 4.48. The number of rotatable bonds is 2. The summed E-state index contributed by atoms with van der Waals surface area (Å²) >= 11 is 1.62. The topological polar surface area (TPSA) is 56.7 Å². The van der Waals surface area contributed by atoms with Crippen molar-refractivity contribution in [3.05, 3.63) is 40.8 Å². The van der Waals surface area contributed by atoms with Gasteiger partial charge < -0.3 is 10.3 Å². The zero-order chi connectivity index (χ0) is 11.0. The number of nitrogens with zero attached hydrogens (tertiary/aromatic N) is 3. The van der Waals surface area contributed by atoms with Crippen LogP contribution in [-0.2, 0) is 6.54 Å². The van der Waals surface area contributed by atoms with Crippen LogP contribution in [0, 0.1) is 0 Å². The van der Waals surface area contributed by atoms with E-state index in [1.165, 1.54) is 4.88 Å². The first kappa shape index (κ1) is 9.35. The summed E-state index contributed by atoms with van der Waals surface area (Å²) in [5.41, 5.74) is 9.73. The molecule has 0 fully saturated rings. The number of hydrogen-bond donors (Lipinski definition) is 1. The predicted molar refractivity (Wildman–Crippen MR) is 65.4 cm³/mol. The Labute approximate surface area is 96.4 Å². The summed E-state index contributed by atoms with van der Waals surface area (Å²) in [6, 6.07) is 7.95. The molecule has 0 atom stereocenters. The quantitative estimate of drug-likeness (QED) is 0.733. The zero-order valence-electron chi connectivity index (χ0n) is 8.50. The van der Waals surface area contributed by atoms with Crippen molar-refractivity contribution >= 4 is 28.3 Å². The number of nitrogens with two attached hydrogens (primary N) is 1. The van der Waals surface area contributed by atoms with Crippen LogP contribution >= 0.6 is 11.3 Å². The number of imidazole rings is 1. The van der Waals surface area contributed by atoms with Crippen LogP contribution in [0.15, 0.2) is 36.0 Å². The van der Waals surface area contributed by atoms with E-state index in [1.54, 1.807) is 11.3 Å². The molecule has 2 aromatic heterocycles. The molecule has 0 aliphatic rings. The van der Waals surface area contributed by atoms with Crippen molar-refractivity contribution in [3.63, 3.8) is 0 Å². The molecule has 3 rings (SSSR count). The van der Waals surface area contributed by atoms with E-state index >= 15 is 0 Å². The van der Waals surface area contributed by atoms with Crippen molar-refractivity contribution in [2.45, 2.75) is 6.54 Å². The summed E-state index contributed by atoms with van der Waals surface area (Å²) in [5.74, 6) is 0.551. The summed E-state index contributed by atoms with van der Waals surface area (Å²) in [4.78, 5) is 9.55. The van der Waals surface area contributed by atoms with Crippen molar-refractivity contribution < 1.29 is 0 Å². The van der Waals surface area contributed by atoms with Gasteiger partial charge in [-0.05, 0) is 12.1 Å². The first-order chi connectivity index (χ1) is 7.84. The highest BCUT2D eigenvalue weighted by atomic mass is 32.1. The normalized spacial score (nSPS) is 11.0. The molecule has 0 spiro atoms. The summed E-state index contributed by atoms with van der Waals surface area (Å²) < 4.78 is 2.00. The molecule has 0 bridgehead atoms. The third kappa shape index (κ3) is 1.45. The lowest BCUT2D eigenvalue weighted by molar-refractivity contribution is 0.850. The molecule has 2 N–H and O–H groups in total. The van der Waals surface area contributed by atoms with Crippen LogP contribution in [-0.4, -0.2) is 14.5 Å². The lowest BCUT2D eigenvalue weighted by atomic mass is 10.3. The second kappa shape index (κ2) is 3.61. The highest BCUT2D eigenvalue weighted by Crippen LogP contribution is 2.19. The first-order valence-corrected chi connectivity index (χ1v) is 5.80. The fourth-order valence-electron chi connectivity index (χ4n) is 1.74. The summed E-state index contributed by atoms with van der Waals surface area (Å²) in [6.45, 7) is 0.733. The van der Waals surface area contributed by atoms with Gasteiger partial charge in [0.25, 0.3) is 0 Å². The van der Waals surface area contributed by atoms with E-state index in [2.05, 4.69) is 9.97 Å². The Hall–Kier alpha value is -1.88. The molecule has 80 valence electrons. The number of fused-ring (bicyclic) bond motifs is 1. The lowest BCUT2D eigenvalue weighted by Crippen LogP contribution is -2.03. The van der Waals surface area contributed by atoms with Crippen LogP contribution in [0.3, 0.4) is 0 Å². The fraction of sp³-hybridized carbons (Fsp3) is 0.0909. The number of aromatic nitrogens is 3. The second-order valence-electron chi connectivity index (χ2n) is 3.51. The number of hydrogen-bond acceptors (Lipinski definition) is 4. The van der Waals surface area contributed by atoms with Crippen LogP contribution in [0.2, 0.25) is 0 Å². The van der Waals surface area contributed by atoms with E-state index in [9.17, 15) is 0 Å². The van der Waals surface area contributed by atoms with Gasteiger partial charge in [-0.2, -0.15) is 0 Å². The van der Waals surface area contributed by atoms with Crippen LogP contribution in [0.5, 0.6) is 0 Å². The number of anilines is 1. The Balaban J connectivity index is 2.12. The molecule has 0 saturated carbocycles. The van der Waals surface area contributed by atoms with E-state index < -0.39 is 0 Å². The molecule has 0 amide bonds. The smallest absolute Gasteiger partial charge is 0.201 e. The summed E-state index contributed by atoms with van der Waals surface area (Å²) in [7, 11) is 0. The molecule has 0 unspecified atom stereocenters. The van der Waals surface area contributed by atoms with Crippen molar-refractivity contribution in [1.82, 2.24) is 14.5 Å². The van der Waals surface area contributed by atoms with E-state index in [0.717, 1.165) is 17.6 Å². The van der Waals surface area contributed by atoms with Gasteiger partial charge in [-0.25, -0.2) is 4.98 Å². The Morgan fingerprint density at radius 2 is 2.19 bits per heavy atom. The van der Waals surface area contributed by atoms with Gasteiger partial charge in [0.15, 0.2) is 0 Å². The average Bonchev–Trinajstić information content (AvgIpc) is 2.89. The molecular formula is C11H10N4S.